The number of hydrogen-bond donors (Lipinski definition) is 3. The lowest BCUT2D eigenvalue weighted by Gasteiger charge is -2.13. The van der Waals surface area contributed by atoms with E-state index in [1.165, 1.54) is 0 Å². The zero-order valence-corrected chi connectivity index (χ0v) is 12.2. The van der Waals surface area contributed by atoms with E-state index in [1.54, 1.807) is 0 Å². The monoisotopic (exact) mass is 283 g/mol. The molecule has 6 nitrogen and oxygen atoms in total. The van der Waals surface area contributed by atoms with Crippen LogP contribution in [-0.2, 0) is 10.8 Å². The van der Waals surface area contributed by atoms with Crippen molar-refractivity contribution in [3.8, 4) is 0 Å². The predicted octanol–water partition coefficient (Wildman–Crippen LogP) is 1.13. The van der Waals surface area contributed by atoms with E-state index >= 15 is 0 Å². The minimum Gasteiger partial charge on any atom is -0.369 e. The molecule has 1 atom stereocenters. The zero-order chi connectivity index (χ0) is 13.8. The van der Waals surface area contributed by atoms with Crippen molar-refractivity contribution in [2.75, 3.05) is 28.8 Å². The van der Waals surface area contributed by atoms with Crippen LogP contribution >= 0.6 is 0 Å². The Labute approximate surface area is 116 Å². The molecule has 1 aliphatic rings. The predicted molar refractivity (Wildman–Crippen MR) is 78.6 cm³/mol. The first-order chi connectivity index (χ1) is 9.15. The Bertz CT molecular complexity index is 475. The van der Waals surface area contributed by atoms with Gasteiger partial charge in [0.25, 0.3) is 0 Å². The van der Waals surface area contributed by atoms with Gasteiger partial charge in [0.15, 0.2) is 0 Å². The molecule has 1 aliphatic carbocycles. The number of nitrogens with one attached hydrogen (secondary N) is 2. The summed E-state index contributed by atoms with van der Waals surface area (Å²) in [6, 6.07) is 0. The first-order valence-corrected chi connectivity index (χ1v) is 8.08. The van der Waals surface area contributed by atoms with Gasteiger partial charge >= 0.3 is 0 Å². The van der Waals surface area contributed by atoms with Gasteiger partial charge in [-0.3, -0.25) is 4.21 Å². The highest BCUT2D eigenvalue weighted by Gasteiger charge is 2.28. The smallest absolute Gasteiger partial charge is 0.148 e. The molecule has 0 radical (unpaired) electrons. The van der Waals surface area contributed by atoms with Crippen LogP contribution in [0.2, 0.25) is 0 Å². The van der Waals surface area contributed by atoms with Crippen molar-refractivity contribution in [2.24, 2.45) is 5.84 Å². The van der Waals surface area contributed by atoms with Crippen molar-refractivity contribution in [1.82, 2.24) is 9.97 Å². The van der Waals surface area contributed by atoms with Crippen molar-refractivity contribution >= 4 is 22.4 Å². The summed E-state index contributed by atoms with van der Waals surface area (Å²) < 4.78 is 11.4. The molecule has 1 unspecified atom stereocenters. The summed E-state index contributed by atoms with van der Waals surface area (Å²) in [6.07, 6.45) is 2.29. The van der Waals surface area contributed by atoms with Crippen molar-refractivity contribution in [2.45, 2.75) is 32.6 Å². The highest BCUT2D eigenvalue weighted by molar-refractivity contribution is 7.84. The van der Waals surface area contributed by atoms with Gasteiger partial charge in [-0.25, -0.2) is 15.8 Å². The normalized spacial score (nSPS) is 16.2. The number of rotatable bonds is 7. The summed E-state index contributed by atoms with van der Waals surface area (Å²) in [7, 11) is -0.762. The Morgan fingerprint density at radius 2 is 2.05 bits per heavy atom. The molecule has 106 valence electrons. The first-order valence-electron chi connectivity index (χ1n) is 6.59. The van der Waals surface area contributed by atoms with Crippen LogP contribution in [0, 0.1) is 6.92 Å². The summed E-state index contributed by atoms with van der Waals surface area (Å²) in [5.74, 6) is 9.58. The van der Waals surface area contributed by atoms with Gasteiger partial charge in [0.1, 0.15) is 17.5 Å². The maximum atomic E-state index is 11.4. The lowest BCUT2D eigenvalue weighted by molar-refractivity contribution is 0.684. The summed E-state index contributed by atoms with van der Waals surface area (Å²) in [4.78, 5) is 8.97. The highest BCUT2D eigenvalue weighted by atomic mass is 32.2. The third-order valence-electron chi connectivity index (χ3n) is 3.19. The molecule has 0 bridgehead atoms. The lowest BCUT2D eigenvalue weighted by atomic mass is 10.3. The molecule has 7 heteroatoms. The number of nitrogens with zero attached hydrogens (tertiary/aromatic N) is 2. The maximum Gasteiger partial charge on any atom is 0.148 e. The molecule has 1 aromatic heterocycles. The largest absolute Gasteiger partial charge is 0.369 e. The second-order valence-corrected chi connectivity index (χ2v) is 6.55. The van der Waals surface area contributed by atoms with E-state index in [2.05, 4.69) is 20.7 Å². The minimum absolute atomic E-state index is 0.470. The van der Waals surface area contributed by atoms with Crippen molar-refractivity contribution in [3.63, 3.8) is 0 Å². The van der Waals surface area contributed by atoms with Gasteiger partial charge in [0.2, 0.25) is 0 Å². The van der Waals surface area contributed by atoms with E-state index in [1.807, 2.05) is 13.8 Å². The number of nitrogens with two attached hydrogens (primary N) is 1. The topological polar surface area (TPSA) is 92.9 Å². The quantitative estimate of drug-likeness (QED) is 0.513. The third kappa shape index (κ3) is 3.63. The average molecular weight is 283 g/mol. The molecule has 0 aliphatic heterocycles. The second kappa shape index (κ2) is 6.29. The Morgan fingerprint density at radius 3 is 2.63 bits per heavy atom. The Hall–Kier alpha value is -1.21. The van der Waals surface area contributed by atoms with Crippen molar-refractivity contribution in [1.29, 1.82) is 0 Å². The van der Waals surface area contributed by atoms with Crippen molar-refractivity contribution < 1.29 is 4.21 Å². The zero-order valence-electron chi connectivity index (χ0n) is 11.4. The maximum absolute atomic E-state index is 11.4. The fourth-order valence-electron chi connectivity index (χ4n) is 1.80. The fourth-order valence-corrected chi connectivity index (χ4v) is 2.42. The SMILES string of the molecule is CCS(=O)CCNc1nc(C2CC2)nc(NN)c1C. The van der Waals surface area contributed by atoms with Gasteiger partial charge in [-0.2, -0.15) is 0 Å². The van der Waals surface area contributed by atoms with Crippen LogP contribution in [0.25, 0.3) is 0 Å². The molecule has 1 aromatic rings. The van der Waals surface area contributed by atoms with E-state index in [4.69, 9.17) is 5.84 Å². The van der Waals surface area contributed by atoms with Gasteiger partial charge in [0.05, 0.1) is 0 Å². The van der Waals surface area contributed by atoms with E-state index < -0.39 is 10.8 Å². The molecule has 2 rings (SSSR count). The highest BCUT2D eigenvalue weighted by Crippen LogP contribution is 2.39. The van der Waals surface area contributed by atoms with Crippen LogP contribution in [-0.4, -0.2) is 32.2 Å². The molecule has 0 aromatic carbocycles. The first kappa shape index (κ1) is 14.2. The number of hydrogen-bond acceptors (Lipinski definition) is 6. The number of anilines is 2. The van der Waals surface area contributed by atoms with Gasteiger partial charge in [-0.05, 0) is 19.8 Å². The molecule has 19 heavy (non-hydrogen) atoms. The third-order valence-corrected chi connectivity index (χ3v) is 4.49. The summed E-state index contributed by atoms with van der Waals surface area (Å²) in [5.41, 5.74) is 3.52. The lowest BCUT2D eigenvalue weighted by Crippen LogP contribution is -2.17. The van der Waals surface area contributed by atoms with Crippen LogP contribution in [0.4, 0.5) is 11.6 Å². The van der Waals surface area contributed by atoms with E-state index in [0.717, 1.165) is 30.0 Å². The Balaban J connectivity index is 2.09. The molecule has 0 spiro atoms. The van der Waals surface area contributed by atoms with Gasteiger partial charge in [0, 0.05) is 40.3 Å². The van der Waals surface area contributed by atoms with Crippen LogP contribution in [0.1, 0.15) is 37.1 Å². The minimum atomic E-state index is -0.762. The van der Waals surface area contributed by atoms with Crippen molar-refractivity contribution in [3.05, 3.63) is 11.4 Å². The number of hydrazine groups is 1. The Kier molecular flexibility index (Phi) is 4.71. The number of nitrogen functional groups attached to an aromatic ring is 1. The number of aromatic nitrogens is 2. The average Bonchev–Trinajstić information content (AvgIpc) is 3.24. The fraction of sp³-hybridized carbons (Fsp3) is 0.667. The molecular weight excluding hydrogens is 262 g/mol. The van der Waals surface area contributed by atoms with E-state index in [0.29, 0.717) is 29.8 Å². The molecule has 1 fully saturated rings. The molecule has 4 N–H and O–H groups in total. The molecule has 0 saturated heterocycles. The van der Waals surface area contributed by atoms with E-state index in [-0.39, 0.29) is 0 Å². The second-order valence-electron chi connectivity index (χ2n) is 4.68. The van der Waals surface area contributed by atoms with Crippen LogP contribution in [0.3, 0.4) is 0 Å². The summed E-state index contributed by atoms with van der Waals surface area (Å²) >= 11 is 0. The van der Waals surface area contributed by atoms with E-state index in [9.17, 15) is 4.21 Å². The molecule has 0 amide bonds. The molecular formula is C12H21N5OS. The van der Waals surface area contributed by atoms with Crippen LogP contribution in [0.5, 0.6) is 0 Å². The van der Waals surface area contributed by atoms with Gasteiger partial charge in [-0.1, -0.05) is 6.92 Å². The van der Waals surface area contributed by atoms with Gasteiger partial charge < -0.3 is 10.7 Å². The van der Waals surface area contributed by atoms with Crippen LogP contribution < -0.4 is 16.6 Å². The Morgan fingerprint density at radius 1 is 1.37 bits per heavy atom. The van der Waals surface area contributed by atoms with Gasteiger partial charge in [-0.15, -0.1) is 0 Å². The standard InChI is InChI=1S/C12H21N5OS/c1-3-19(18)7-6-14-10-8(2)11(17-13)16-12(15-10)9-4-5-9/h9H,3-7,13H2,1-2H3,(H2,14,15,16,17). The summed E-state index contributed by atoms with van der Waals surface area (Å²) in [6.45, 7) is 4.49. The molecule has 1 saturated carbocycles. The molecule has 1 heterocycles. The summed E-state index contributed by atoms with van der Waals surface area (Å²) in [5, 5.41) is 3.24. The van der Waals surface area contributed by atoms with Crippen LogP contribution in [0.15, 0.2) is 0 Å².